The lowest BCUT2D eigenvalue weighted by molar-refractivity contribution is 0.586. The number of thiazole rings is 1. The molecule has 0 atom stereocenters. The molecule has 0 aliphatic carbocycles. The van der Waals surface area contributed by atoms with Crippen LogP contribution in [0, 0.1) is 0 Å². The van der Waals surface area contributed by atoms with Crippen LogP contribution in [0.4, 0.5) is 5.00 Å². The zero-order valence-electron chi connectivity index (χ0n) is 10.1. The van der Waals surface area contributed by atoms with E-state index in [4.69, 9.17) is 17.3 Å². The van der Waals surface area contributed by atoms with Gasteiger partial charge in [0, 0.05) is 11.0 Å². The van der Waals surface area contributed by atoms with E-state index in [1.165, 1.54) is 11.3 Å². The molecule has 0 amide bonds. The average Bonchev–Trinajstić information content (AvgIpc) is 2.61. The molecule has 0 spiro atoms. The molecule has 0 saturated carbocycles. The number of rotatable bonds is 1. The van der Waals surface area contributed by atoms with E-state index in [2.05, 4.69) is 25.8 Å². The van der Waals surface area contributed by atoms with Crippen molar-refractivity contribution in [3.8, 4) is 11.3 Å². The maximum Gasteiger partial charge on any atom is 0.114 e. The lowest BCUT2D eigenvalue weighted by Gasteiger charge is -2.13. The summed E-state index contributed by atoms with van der Waals surface area (Å²) in [5.74, 6) is 0. The Balaban J connectivity index is 2.55. The highest BCUT2D eigenvalue weighted by molar-refractivity contribution is 7.16. The molecule has 1 aromatic carbocycles. The molecule has 2 nitrogen and oxygen atoms in total. The molecule has 1 aromatic heterocycles. The van der Waals surface area contributed by atoms with E-state index in [1.807, 2.05) is 24.3 Å². The third-order valence-corrected chi connectivity index (χ3v) is 4.06. The van der Waals surface area contributed by atoms with Gasteiger partial charge < -0.3 is 5.73 Å². The SMILES string of the molecule is CC(C)(C)c1nc(-c2ccccc2Cl)c(N)s1. The quantitative estimate of drug-likeness (QED) is 0.834. The second-order valence-corrected chi connectivity index (χ2v) is 6.40. The van der Waals surface area contributed by atoms with Crippen molar-refractivity contribution in [1.82, 2.24) is 4.98 Å². The summed E-state index contributed by atoms with van der Waals surface area (Å²) in [6.45, 7) is 6.38. The summed E-state index contributed by atoms with van der Waals surface area (Å²) < 4.78 is 0. The number of aromatic nitrogens is 1. The van der Waals surface area contributed by atoms with Crippen LogP contribution in [0.3, 0.4) is 0 Å². The number of hydrogen-bond acceptors (Lipinski definition) is 3. The van der Waals surface area contributed by atoms with Gasteiger partial charge >= 0.3 is 0 Å². The second-order valence-electron chi connectivity index (χ2n) is 4.96. The van der Waals surface area contributed by atoms with Crippen LogP contribution in [-0.4, -0.2) is 4.98 Å². The van der Waals surface area contributed by atoms with E-state index in [0.29, 0.717) is 5.02 Å². The van der Waals surface area contributed by atoms with Crippen LogP contribution in [0.2, 0.25) is 5.02 Å². The molecule has 17 heavy (non-hydrogen) atoms. The molecule has 0 bridgehead atoms. The summed E-state index contributed by atoms with van der Waals surface area (Å²) in [5.41, 5.74) is 7.75. The smallest absolute Gasteiger partial charge is 0.114 e. The van der Waals surface area contributed by atoms with Gasteiger partial charge in [0.05, 0.1) is 5.02 Å². The number of nitrogens with zero attached hydrogens (tertiary/aromatic N) is 1. The van der Waals surface area contributed by atoms with Gasteiger partial charge in [-0.25, -0.2) is 4.98 Å². The second kappa shape index (κ2) is 4.31. The van der Waals surface area contributed by atoms with Crippen molar-refractivity contribution in [2.24, 2.45) is 0 Å². The fraction of sp³-hybridized carbons (Fsp3) is 0.308. The minimum Gasteiger partial charge on any atom is -0.389 e. The molecular weight excluding hydrogens is 252 g/mol. The van der Waals surface area contributed by atoms with Crippen LogP contribution in [0.5, 0.6) is 0 Å². The lowest BCUT2D eigenvalue weighted by Crippen LogP contribution is -2.10. The monoisotopic (exact) mass is 266 g/mol. The van der Waals surface area contributed by atoms with Crippen LogP contribution in [0.15, 0.2) is 24.3 Å². The molecule has 4 heteroatoms. The molecule has 2 N–H and O–H groups in total. The van der Waals surface area contributed by atoms with Crippen molar-refractivity contribution in [3.05, 3.63) is 34.3 Å². The van der Waals surface area contributed by atoms with E-state index in [0.717, 1.165) is 21.3 Å². The van der Waals surface area contributed by atoms with Gasteiger partial charge in [0.2, 0.25) is 0 Å². The number of nitrogens with two attached hydrogens (primary N) is 1. The fourth-order valence-corrected chi connectivity index (χ4v) is 2.63. The van der Waals surface area contributed by atoms with Gasteiger partial charge in [-0.3, -0.25) is 0 Å². The Hall–Kier alpha value is -1.06. The van der Waals surface area contributed by atoms with Gasteiger partial charge in [-0.15, -0.1) is 11.3 Å². The molecule has 90 valence electrons. The summed E-state index contributed by atoms with van der Waals surface area (Å²) in [6, 6.07) is 7.64. The molecule has 0 fully saturated rings. The van der Waals surface area contributed by atoms with Crippen LogP contribution < -0.4 is 5.73 Å². The first-order chi connectivity index (χ1) is 7.89. The minimum atomic E-state index is 0.0122. The number of hydrogen-bond donors (Lipinski definition) is 1. The Kier molecular flexibility index (Phi) is 3.15. The minimum absolute atomic E-state index is 0.0122. The molecule has 2 aromatic rings. The van der Waals surface area contributed by atoms with Gasteiger partial charge in [-0.1, -0.05) is 50.6 Å². The predicted octanol–water partition coefficient (Wildman–Crippen LogP) is 4.34. The summed E-state index contributed by atoms with van der Waals surface area (Å²) in [4.78, 5) is 4.62. The van der Waals surface area contributed by atoms with Gasteiger partial charge in [0.15, 0.2) is 0 Å². The normalized spacial score (nSPS) is 11.8. The zero-order chi connectivity index (χ0) is 12.6. The molecule has 0 aliphatic rings. The Labute approximate surface area is 110 Å². The van der Waals surface area contributed by atoms with Gasteiger partial charge in [-0.05, 0) is 6.07 Å². The number of nitrogen functional groups attached to an aromatic ring is 1. The number of anilines is 1. The van der Waals surface area contributed by atoms with Crippen molar-refractivity contribution < 1.29 is 0 Å². The first-order valence-electron chi connectivity index (χ1n) is 5.41. The molecule has 0 aliphatic heterocycles. The van der Waals surface area contributed by atoms with Crippen LogP contribution in [-0.2, 0) is 5.41 Å². The average molecular weight is 267 g/mol. The largest absolute Gasteiger partial charge is 0.389 e. The predicted molar refractivity (Wildman–Crippen MR) is 75.7 cm³/mol. The Morgan fingerprint density at radius 1 is 1.24 bits per heavy atom. The summed E-state index contributed by atoms with van der Waals surface area (Å²) in [6.07, 6.45) is 0. The van der Waals surface area contributed by atoms with Gasteiger partial charge in [-0.2, -0.15) is 0 Å². The van der Waals surface area contributed by atoms with Crippen molar-refractivity contribution in [2.45, 2.75) is 26.2 Å². The number of halogens is 1. The van der Waals surface area contributed by atoms with Crippen molar-refractivity contribution in [3.63, 3.8) is 0 Å². The van der Waals surface area contributed by atoms with E-state index >= 15 is 0 Å². The van der Waals surface area contributed by atoms with E-state index in [1.54, 1.807) is 0 Å². The van der Waals surface area contributed by atoms with E-state index < -0.39 is 0 Å². The van der Waals surface area contributed by atoms with Crippen molar-refractivity contribution >= 4 is 27.9 Å². The van der Waals surface area contributed by atoms with Gasteiger partial charge in [0.1, 0.15) is 15.7 Å². The first kappa shape index (κ1) is 12.4. The number of benzene rings is 1. The Morgan fingerprint density at radius 3 is 2.41 bits per heavy atom. The molecule has 2 rings (SSSR count). The third-order valence-electron chi connectivity index (χ3n) is 2.42. The molecular formula is C13H15ClN2S. The molecule has 0 radical (unpaired) electrons. The van der Waals surface area contributed by atoms with Crippen LogP contribution in [0.1, 0.15) is 25.8 Å². The maximum atomic E-state index is 6.16. The topological polar surface area (TPSA) is 38.9 Å². The van der Waals surface area contributed by atoms with Crippen molar-refractivity contribution in [1.29, 1.82) is 0 Å². The first-order valence-corrected chi connectivity index (χ1v) is 6.60. The van der Waals surface area contributed by atoms with E-state index in [9.17, 15) is 0 Å². The Morgan fingerprint density at radius 2 is 1.88 bits per heavy atom. The standard InChI is InChI=1S/C13H15ClN2S/c1-13(2,3)12-16-10(11(15)17-12)8-6-4-5-7-9(8)14/h4-7H,15H2,1-3H3. The fourth-order valence-electron chi connectivity index (χ4n) is 1.50. The highest BCUT2D eigenvalue weighted by atomic mass is 35.5. The van der Waals surface area contributed by atoms with Crippen LogP contribution >= 0.6 is 22.9 Å². The van der Waals surface area contributed by atoms with Gasteiger partial charge in [0.25, 0.3) is 0 Å². The highest BCUT2D eigenvalue weighted by Gasteiger charge is 2.21. The molecule has 1 heterocycles. The summed E-state index contributed by atoms with van der Waals surface area (Å²) in [7, 11) is 0. The third kappa shape index (κ3) is 2.45. The zero-order valence-corrected chi connectivity index (χ0v) is 11.7. The van der Waals surface area contributed by atoms with Crippen LogP contribution in [0.25, 0.3) is 11.3 Å². The van der Waals surface area contributed by atoms with E-state index in [-0.39, 0.29) is 5.41 Å². The highest BCUT2D eigenvalue weighted by Crippen LogP contribution is 2.38. The molecule has 0 unspecified atom stereocenters. The Bertz CT molecular complexity index is 541. The maximum absolute atomic E-state index is 6.16. The molecule has 0 saturated heterocycles. The summed E-state index contributed by atoms with van der Waals surface area (Å²) >= 11 is 7.70. The van der Waals surface area contributed by atoms with Crippen molar-refractivity contribution in [2.75, 3.05) is 5.73 Å². The summed E-state index contributed by atoms with van der Waals surface area (Å²) in [5, 5.41) is 2.44. The lowest BCUT2D eigenvalue weighted by atomic mass is 9.98.